The lowest BCUT2D eigenvalue weighted by atomic mass is 9.88. The Balaban J connectivity index is 1.98. The Labute approximate surface area is 167 Å². The summed E-state index contributed by atoms with van der Waals surface area (Å²) in [6.07, 6.45) is -1.28. The van der Waals surface area contributed by atoms with Crippen molar-refractivity contribution in [3.8, 4) is 0 Å². The number of para-hydroxylation sites is 1. The first-order valence-corrected chi connectivity index (χ1v) is 9.35. The molecule has 0 aromatic heterocycles. The number of anilines is 1. The van der Waals surface area contributed by atoms with E-state index < -0.39 is 34.7 Å². The Bertz CT molecular complexity index is 836. The lowest BCUT2D eigenvalue weighted by molar-refractivity contribution is -0.490. The molecule has 1 fully saturated rings. The van der Waals surface area contributed by atoms with Crippen LogP contribution in [-0.4, -0.2) is 41.0 Å². The molecule has 1 aromatic carbocycles. The number of amides is 1. The van der Waals surface area contributed by atoms with Crippen molar-refractivity contribution < 1.29 is 28.8 Å². The summed E-state index contributed by atoms with van der Waals surface area (Å²) < 4.78 is 5.13. The van der Waals surface area contributed by atoms with Crippen LogP contribution in [0.1, 0.15) is 44.0 Å². The zero-order chi connectivity index (χ0) is 21.7. The van der Waals surface area contributed by atoms with E-state index in [1.807, 2.05) is 0 Å². The van der Waals surface area contributed by atoms with Gasteiger partial charge in [-0.15, -0.1) is 0 Å². The first kappa shape index (κ1) is 22.2. The third kappa shape index (κ3) is 5.69. The van der Waals surface area contributed by atoms with Crippen LogP contribution in [-0.2, 0) is 19.1 Å². The van der Waals surface area contributed by atoms with E-state index in [-0.39, 0.29) is 36.9 Å². The van der Waals surface area contributed by atoms with Crippen LogP contribution in [0.15, 0.2) is 24.3 Å². The average molecular weight is 404 g/mol. The van der Waals surface area contributed by atoms with Gasteiger partial charge in [-0.2, -0.15) is 0 Å². The summed E-state index contributed by atoms with van der Waals surface area (Å²) in [6, 6.07) is 6.44. The molecule has 0 aliphatic heterocycles. The van der Waals surface area contributed by atoms with Gasteiger partial charge < -0.3 is 10.1 Å². The summed E-state index contributed by atoms with van der Waals surface area (Å²) in [5, 5.41) is 13.4. The standard InChI is InChI=1S/C20H24N2O7/c1-11-8-18(24)15(16(11)10-22(27)28)9-19(25)29-13(3)20(26)21-17-7-5-4-6-14(17)12(2)23/h4-7,11,13,15-16H,8-10H2,1-3H3,(H,21,26)/t11-,13+,15-,16-/m1/s1. The van der Waals surface area contributed by atoms with Crippen molar-refractivity contribution in [1.29, 1.82) is 0 Å². The van der Waals surface area contributed by atoms with Crippen molar-refractivity contribution in [2.75, 3.05) is 11.9 Å². The van der Waals surface area contributed by atoms with E-state index in [4.69, 9.17) is 4.74 Å². The predicted molar refractivity (Wildman–Crippen MR) is 103 cm³/mol. The van der Waals surface area contributed by atoms with Crippen LogP contribution in [0.2, 0.25) is 0 Å². The topological polar surface area (TPSA) is 133 Å². The van der Waals surface area contributed by atoms with E-state index in [9.17, 15) is 29.3 Å². The molecule has 1 N–H and O–H groups in total. The molecule has 29 heavy (non-hydrogen) atoms. The maximum absolute atomic E-state index is 12.3. The molecule has 0 bridgehead atoms. The van der Waals surface area contributed by atoms with Crippen LogP contribution in [0.3, 0.4) is 0 Å². The molecule has 0 unspecified atom stereocenters. The molecule has 0 heterocycles. The number of hydrogen-bond donors (Lipinski definition) is 1. The maximum atomic E-state index is 12.3. The van der Waals surface area contributed by atoms with Crippen LogP contribution in [0.4, 0.5) is 5.69 Å². The van der Waals surface area contributed by atoms with Crippen molar-refractivity contribution in [2.45, 2.75) is 39.7 Å². The highest BCUT2D eigenvalue weighted by molar-refractivity contribution is 6.04. The van der Waals surface area contributed by atoms with E-state index in [1.165, 1.54) is 13.8 Å². The highest BCUT2D eigenvalue weighted by atomic mass is 16.6. The van der Waals surface area contributed by atoms with E-state index in [0.717, 1.165) is 0 Å². The fourth-order valence-electron chi connectivity index (χ4n) is 3.61. The minimum atomic E-state index is -1.16. The quantitative estimate of drug-likeness (QED) is 0.304. The molecule has 0 saturated heterocycles. The molecular formula is C20H24N2O7. The van der Waals surface area contributed by atoms with E-state index in [0.29, 0.717) is 11.3 Å². The van der Waals surface area contributed by atoms with Gasteiger partial charge in [0.05, 0.1) is 12.1 Å². The van der Waals surface area contributed by atoms with Crippen LogP contribution in [0.5, 0.6) is 0 Å². The highest BCUT2D eigenvalue weighted by Gasteiger charge is 2.44. The van der Waals surface area contributed by atoms with Crippen molar-refractivity contribution >= 4 is 29.1 Å². The number of Topliss-reactive ketones (excluding diaryl/α,β-unsaturated/α-hetero) is 2. The zero-order valence-electron chi connectivity index (χ0n) is 16.5. The Morgan fingerprint density at radius 3 is 2.59 bits per heavy atom. The number of ether oxygens (including phenoxy) is 1. The molecule has 156 valence electrons. The fourth-order valence-corrected chi connectivity index (χ4v) is 3.61. The molecule has 0 spiro atoms. The van der Waals surface area contributed by atoms with Gasteiger partial charge in [0.1, 0.15) is 5.78 Å². The number of nitrogens with one attached hydrogen (secondary N) is 1. The Morgan fingerprint density at radius 1 is 1.31 bits per heavy atom. The minimum absolute atomic E-state index is 0.186. The minimum Gasteiger partial charge on any atom is -0.453 e. The molecule has 1 aliphatic carbocycles. The van der Waals surface area contributed by atoms with Crippen molar-refractivity contribution in [1.82, 2.24) is 0 Å². The highest BCUT2D eigenvalue weighted by Crippen LogP contribution is 2.36. The smallest absolute Gasteiger partial charge is 0.307 e. The van der Waals surface area contributed by atoms with Gasteiger partial charge in [-0.1, -0.05) is 19.1 Å². The number of benzene rings is 1. The summed E-state index contributed by atoms with van der Waals surface area (Å²) in [5.74, 6) is -3.32. The molecule has 2 rings (SSSR count). The van der Waals surface area contributed by atoms with Gasteiger partial charge >= 0.3 is 5.97 Å². The van der Waals surface area contributed by atoms with Crippen LogP contribution < -0.4 is 5.32 Å². The van der Waals surface area contributed by atoms with Crippen molar-refractivity contribution in [2.24, 2.45) is 17.8 Å². The summed E-state index contributed by atoms with van der Waals surface area (Å²) in [6.45, 7) is 4.11. The summed E-state index contributed by atoms with van der Waals surface area (Å²) in [7, 11) is 0. The van der Waals surface area contributed by atoms with Crippen LogP contribution >= 0.6 is 0 Å². The Kier molecular flexibility index (Phi) is 7.19. The second kappa shape index (κ2) is 9.40. The SMILES string of the molecule is CC(=O)c1ccccc1NC(=O)[C@H](C)OC(=O)C[C@H]1C(=O)C[C@@H](C)[C@H]1C[N+](=O)[O-]. The lowest BCUT2D eigenvalue weighted by Gasteiger charge is -2.19. The Morgan fingerprint density at radius 2 is 1.97 bits per heavy atom. The van der Waals surface area contributed by atoms with E-state index in [2.05, 4.69) is 5.32 Å². The second-order valence-corrected chi connectivity index (χ2v) is 7.36. The monoisotopic (exact) mass is 404 g/mol. The van der Waals surface area contributed by atoms with Gasteiger partial charge in [0.2, 0.25) is 6.54 Å². The number of carbonyl (C=O) groups is 4. The van der Waals surface area contributed by atoms with Gasteiger partial charge in [0.15, 0.2) is 11.9 Å². The van der Waals surface area contributed by atoms with Gasteiger partial charge in [-0.3, -0.25) is 29.3 Å². The summed E-state index contributed by atoms with van der Waals surface area (Å²) in [5.41, 5.74) is 0.631. The molecule has 9 nitrogen and oxygen atoms in total. The molecule has 1 amide bonds. The van der Waals surface area contributed by atoms with Crippen molar-refractivity contribution in [3.63, 3.8) is 0 Å². The largest absolute Gasteiger partial charge is 0.453 e. The average Bonchev–Trinajstić information content (AvgIpc) is 2.88. The number of carbonyl (C=O) groups excluding carboxylic acids is 4. The fraction of sp³-hybridized carbons (Fsp3) is 0.500. The van der Waals surface area contributed by atoms with Gasteiger partial charge in [0, 0.05) is 28.7 Å². The third-order valence-electron chi connectivity index (χ3n) is 5.17. The van der Waals surface area contributed by atoms with Gasteiger partial charge in [-0.25, -0.2) is 0 Å². The Hall–Kier alpha value is -3.10. The predicted octanol–water partition coefficient (Wildman–Crippen LogP) is 2.27. The summed E-state index contributed by atoms with van der Waals surface area (Å²) >= 11 is 0. The molecule has 1 aromatic rings. The third-order valence-corrected chi connectivity index (χ3v) is 5.17. The number of nitro groups is 1. The molecular weight excluding hydrogens is 380 g/mol. The number of rotatable bonds is 8. The second-order valence-electron chi connectivity index (χ2n) is 7.36. The number of nitrogens with zero attached hydrogens (tertiary/aromatic N) is 1. The number of esters is 1. The zero-order valence-corrected chi connectivity index (χ0v) is 16.5. The van der Waals surface area contributed by atoms with Crippen LogP contribution in [0, 0.1) is 27.9 Å². The molecule has 9 heteroatoms. The lowest BCUT2D eigenvalue weighted by Crippen LogP contribution is -2.33. The van der Waals surface area contributed by atoms with Gasteiger partial charge in [0.25, 0.3) is 5.91 Å². The van der Waals surface area contributed by atoms with Gasteiger partial charge in [-0.05, 0) is 31.9 Å². The van der Waals surface area contributed by atoms with Crippen LogP contribution in [0.25, 0.3) is 0 Å². The van der Waals surface area contributed by atoms with E-state index in [1.54, 1.807) is 31.2 Å². The van der Waals surface area contributed by atoms with Crippen molar-refractivity contribution in [3.05, 3.63) is 39.9 Å². The van der Waals surface area contributed by atoms with E-state index >= 15 is 0 Å². The summed E-state index contributed by atoms with van der Waals surface area (Å²) in [4.78, 5) is 58.7. The molecule has 4 atom stereocenters. The first-order valence-electron chi connectivity index (χ1n) is 9.35. The molecule has 1 saturated carbocycles. The maximum Gasteiger partial charge on any atom is 0.307 e. The normalized spacial score (nSPS) is 22.0. The molecule has 0 radical (unpaired) electrons. The first-order chi connectivity index (χ1) is 13.6. The number of hydrogen-bond acceptors (Lipinski definition) is 7. The number of ketones is 2. The molecule has 1 aliphatic rings.